The average molecular weight is 829 g/mol. The molecule has 0 saturated heterocycles. The summed E-state index contributed by atoms with van der Waals surface area (Å²) in [5, 5.41) is 11.2. The van der Waals surface area contributed by atoms with E-state index in [0.717, 1.165) is 35.7 Å². The van der Waals surface area contributed by atoms with Gasteiger partial charge in [-0.25, -0.2) is 0 Å². The van der Waals surface area contributed by atoms with Gasteiger partial charge in [-0.05, 0) is 84.8 Å². The van der Waals surface area contributed by atoms with E-state index in [1.165, 1.54) is 92.7 Å². The summed E-state index contributed by atoms with van der Waals surface area (Å²) in [7, 11) is -1.05. The van der Waals surface area contributed by atoms with E-state index in [2.05, 4.69) is 216 Å². The lowest BCUT2D eigenvalue weighted by molar-refractivity contribution is -0.740. The Morgan fingerprint density at radius 3 is 1.49 bits per heavy atom. The number of nitrogens with zero attached hydrogens (tertiary/aromatic N) is 3. The van der Waals surface area contributed by atoms with E-state index in [1.807, 2.05) is 0 Å². The number of allylic oxidation sites excluding steroid dienone is 1. The average Bonchev–Trinajstić information content (AvgIpc) is 3.86. The van der Waals surface area contributed by atoms with Crippen LogP contribution in [-0.2, 0) is 5.54 Å². The molecule has 300 valence electrons. The standard InChI is InChI=1S/C58H43N3OP/c1-4-58(5-2)37(3)42-29-28-41(36-48(42)57-43-17-7-6-16-38(43)32-33-59(57)58)63-55-30-26-39(60-49-22-12-8-18-44(49)45-19-9-13-23-50(45)60)34-53(55)62-54-35-40(27-31-56(54)63)61-51-24-14-10-20-46(51)47-21-11-15-25-52(47)61/h6-36H,3-5H2,1-2H3/q+1. The van der Waals surface area contributed by atoms with Gasteiger partial charge < -0.3 is 13.9 Å². The van der Waals surface area contributed by atoms with Gasteiger partial charge in [0.15, 0.2) is 11.7 Å². The molecule has 3 aromatic heterocycles. The van der Waals surface area contributed by atoms with Crippen molar-refractivity contribution in [2.45, 2.75) is 32.2 Å². The Labute approximate surface area is 367 Å². The molecule has 0 radical (unpaired) electrons. The lowest BCUT2D eigenvalue weighted by atomic mass is 9.75. The van der Waals surface area contributed by atoms with E-state index in [0.29, 0.717) is 0 Å². The van der Waals surface area contributed by atoms with E-state index >= 15 is 0 Å². The fraction of sp³-hybridized carbons (Fsp3) is 0.0862. The molecular formula is C58H43N3OP+. The van der Waals surface area contributed by atoms with Gasteiger partial charge in [0, 0.05) is 80.1 Å². The molecule has 0 unspecified atom stereocenters. The van der Waals surface area contributed by atoms with Gasteiger partial charge in [0.05, 0.1) is 33.0 Å². The van der Waals surface area contributed by atoms with Crippen LogP contribution in [0.1, 0.15) is 32.3 Å². The number of rotatable bonds is 5. The fourth-order valence-electron chi connectivity index (χ4n) is 11.1. The van der Waals surface area contributed by atoms with Gasteiger partial charge in [-0.15, -0.1) is 0 Å². The molecule has 5 heteroatoms. The number of benzene rings is 8. The van der Waals surface area contributed by atoms with Crippen LogP contribution in [0.25, 0.3) is 82.6 Å². The second kappa shape index (κ2) is 13.6. The zero-order valence-corrected chi connectivity index (χ0v) is 36.1. The van der Waals surface area contributed by atoms with Crippen LogP contribution in [-0.4, -0.2) is 9.13 Å². The Balaban J connectivity index is 1.05. The van der Waals surface area contributed by atoms with Crippen LogP contribution in [0.5, 0.6) is 11.5 Å². The first kappa shape index (κ1) is 36.4. The molecule has 0 fully saturated rings. The third kappa shape index (κ3) is 5.04. The summed E-state index contributed by atoms with van der Waals surface area (Å²) in [4.78, 5) is 0. The fourth-order valence-corrected chi connectivity index (χ4v) is 13.5. The normalized spacial score (nSPS) is 14.2. The number of ether oxygens (including phenoxy) is 1. The zero-order valence-electron chi connectivity index (χ0n) is 35.2. The van der Waals surface area contributed by atoms with E-state index < -0.39 is 7.92 Å². The zero-order chi connectivity index (χ0) is 42.0. The minimum atomic E-state index is -1.05. The van der Waals surface area contributed by atoms with Crippen molar-refractivity contribution in [1.29, 1.82) is 0 Å². The van der Waals surface area contributed by atoms with Crippen LogP contribution < -0.4 is 25.2 Å². The van der Waals surface area contributed by atoms with Gasteiger partial charge in [-0.3, -0.25) is 0 Å². The molecule has 0 atom stereocenters. The highest BCUT2D eigenvalue weighted by atomic mass is 31.1. The molecule has 13 rings (SSSR count). The van der Waals surface area contributed by atoms with Crippen LogP contribution in [0, 0.1) is 0 Å². The summed E-state index contributed by atoms with van der Waals surface area (Å²) in [6.45, 7) is 9.47. The molecule has 2 aliphatic rings. The predicted octanol–water partition coefficient (Wildman–Crippen LogP) is 13.4. The van der Waals surface area contributed by atoms with Crippen LogP contribution in [0.3, 0.4) is 0 Å². The van der Waals surface area contributed by atoms with Gasteiger partial charge in [0.2, 0.25) is 5.69 Å². The highest BCUT2D eigenvalue weighted by Crippen LogP contribution is 2.50. The Morgan fingerprint density at radius 2 is 0.984 bits per heavy atom. The third-order valence-corrected chi connectivity index (χ3v) is 16.7. The maximum absolute atomic E-state index is 7.23. The van der Waals surface area contributed by atoms with Crippen LogP contribution in [0.15, 0.2) is 195 Å². The van der Waals surface area contributed by atoms with Gasteiger partial charge in [-0.1, -0.05) is 124 Å². The molecule has 0 N–H and O–H groups in total. The van der Waals surface area contributed by atoms with Crippen LogP contribution in [0.4, 0.5) is 0 Å². The summed E-state index contributed by atoms with van der Waals surface area (Å²) in [6.07, 6.45) is 4.24. The van der Waals surface area contributed by atoms with E-state index in [-0.39, 0.29) is 5.54 Å². The maximum Gasteiger partial charge on any atom is 0.221 e. The molecule has 11 aromatic rings. The topological polar surface area (TPSA) is 23.0 Å². The SMILES string of the molecule is C=C1c2ccc(P3c4ccc(-n5c6ccccc6c6ccccc65)cc4Oc4cc(-n5c6ccccc6c6ccccc65)ccc43)cc2-c2c3ccccc3cc[n+]2C1(CC)CC. The molecule has 4 nitrogen and oxygen atoms in total. The first-order valence-corrected chi connectivity index (χ1v) is 23.4. The molecule has 0 bridgehead atoms. The molecular weight excluding hydrogens is 786 g/mol. The highest BCUT2D eigenvalue weighted by molar-refractivity contribution is 7.80. The summed E-state index contributed by atoms with van der Waals surface area (Å²) >= 11 is 0. The lowest BCUT2D eigenvalue weighted by Crippen LogP contribution is -2.59. The van der Waals surface area contributed by atoms with Crippen molar-refractivity contribution in [2.24, 2.45) is 0 Å². The number of aromatic nitrogens is 3. The summed E-state index contributed by atoms with van der Waals surface area (Å²) in [6, 6.07) is 67.0. The first-order valence-electron chi connectivity index (χ1n) is 22.1. The van der Waals surface area contributed by atoms with Crippen LogP contribution >= 0.6 is 7.92 Å². The molecule has 5 heterocycles. The number of fused-ring (bicyclic) bond motifs is 13. The van der Waals surface area contributed by atoms with Gasteiger partial charge in [0.1, 0.15) is 11.5 Å². The molecule has 8 aromatic carbocycles. The van der Waals surface area contributed by atoms with Crippen molar-refractivity contribution in [2.75, 3.05) is 0 Å². The lowest BCUT2D eigenvalue weighted by Gasteiger charge is -2.36. The Hall–Kier alpha value is -7.26. The number of hydrogen-bond acceptors (Lipinski definition) is 1. The monoisotopic (exact) mass is 828 g/mol. The number of pyridine rings is 1. The molecule has 0 aliphatic carbocycles. The van der Waals surface area contributed by atoms with Crippen molar-refractivity contribution in [3.63, 3.8) is 0 Å². The first-order chi connectivity index (χ1) is 31.1. The minimum absolute atomic E-state index is 0.205. The molecule has 63 heavy (non-hydrogen) atoms. The largest absolute Gasteiger partial charge is 0.456 e. The Bertz CT molecular complexity index is 3470. The van der Waals surface area contributed by atoms with Crippen molar-refractivity contribution in [3.05, 3.63) is 200 Å². The predicted molar refractivity (Wildman–Crippen MR) is 265 cm³/mol. The van der Waals surface area contributed by atoms with Gasteiger partial charge in [0.25, 0.3) is 0 Å². The van der Waals surface area contributed by atoms with Crippen molar-refractivity contribution in [1.82, 2.24) is 9.13 Å². The van der Waals surface area contributed by atoms with E-state index in [1.54, 1.807) is 0 Å². The quantitative estimate of drug-likeness (QED) is 0.125. The van der Waals surface area contributed by atoms with E-state index in [9.17, 15) is 0 Å². The second-order valence-corrected chi connectivity index (χ2v) is 19.2. The molecule has 2 aliphatic heterocycles. The second-order valence-electron chi connectivity index (χ2n) is 17.0. The third-order valence-electron chi connectivity index (χ3n) is 14.2. The summed E-state index contributed by atoms with van der Waals surface area (Å²) in [5.74, 6) is 1.79. The molecule has 0 amide bonds. The number of para-hydroxylation sites is 4. The Kier molecular flexibility index (Phi) is 7.87. The van der Waals surface area contributed by atoms with Gasteiger partial charge >= 0.3 is 0 Å². The van der Waals surface area contributed by atoms with Gasteiger partial charge in [-0.2, -0.15) is 4.57 Å². The van der Waals surface area contributed by atoms with Crippen molar-refractivity contribution >= 4 is 83.8 Å². The van der Waals surface area contributed by atoms with Crippen LogP contribution in [0.2, 0.25) is 0 Å². The summed E-state index contributed by atoms with van der Waals surface area (Å²) in [5.41, 5.74) is 11.6. The van der Waals surface area contributed by atoms with Crippen molar-refractivity contribution < 1.29 is 9.30 Å². The van der Waals surface area contributed by atoms with E-state index in [4.69, 9.17) is 11.3 Å². The molecule has 0 saturated carbocycles. The highest BCUT2D eigenvalue weighted by Gasteiger charge is 2.47. The maximum atomic E-state index is 7.23. The summed E-state index contributed by atoms with van der Waals surface area (Å²) < 4.78 is 14.5. The number of hydrogen-bond donors (Lipinski definition) is 0. The smallest absolute Gasteiger partial charge is 0.221 e. The minimum Gasteiger partial charge on any atom is -0.456 e. The molecule has 0 spiro atoms. The van der Waals surface area contributed by atoms with Crippen molar-refractivity contribution in [3.8, 4) is 34.1 Å². The Morgan fingerprint density at radius 1 is 0.508 bits per heavy atom.